The van der Waals surface area contributed by atoms with Crippen LogP contribution in [0.1, 0.15) is 37.6 Å². The molecule has 4 heterocycles. The molecule has 1 aromatic carbocycles. The third-order valence-corrected chi connectivity index (χ3v) is 7.75. The molecule has 1 aliphatic rings. The average Bonchev–Trinajstić information content (AvgIpc) is 3.51. The van der Waals surface area contributed by atoms with Crippen LogP contribution in [0.3, 0.4) is 0 Å². The van der Waals surface area contributed by atoms with E-state index >= 15 is 0 Å². The van der Waals surface area contributed by atoms with Gasteiger partial charge in [0.25, 0.3) is 15.9 Å². The van der Waals surface area contributed by atoms with Crippen molar-refractivity contribution in [2.45, 2.75) is 37.8 Å². The Hall–Kier alpha value is -4.18. The summed E-state index contributed by atoms with van der Waals surface area (Å²) in [5.41, 5.74) is 0.930. The lowest BCUT2D eigenvalue weighted by atomic mass is 9.97. The van der Waals surface area contributed by atoms with E-state index in [2.05, 4.69) is 40.4 Å². The number of benzene rings is 1. The lowest BCUT2D eigenvalue weighted by molar-refractivity contribution is 0.0981. The van der Waals surface area contributed by atoms with Gasteiger partial charge in [-0.25, -0.2) is 9.71 Å². The fraction of sp³-hybridized carbons (Fsp3) is 0.250. The molecule has 196 valence electrons. The van der Waals surface area contributed by atoms with Crippen LogP contribution in [-0.4, -0.2) is 40.9 Å². The Morgan fingerprint density at radius 2 is 1.76 bits per heavy atom. The Bertz CT molecular complexity index is 1550. The van der Waals surface area contributed by atoms with Crippen LogP contribution in [0.15, 0.2) is 90.3 Å². The van der Waals surface area contributed by atoms with Crippen molar-refractivity contribution in [1.29, 1.82) is 0 Å². The zero-order valence-corrected chi connectivity index (χ0v) is 22.2. The number of hydrogen-bond acceptors (Lipinski definition) is 7. The van der Waals surface area contributed by atoms with Gasteiger partial charge in [-0.3, -0.25) is 4.79 Å². The highest BCUT2D eigenvalue weighted by Crippen LogP contribution is 2.37. The minimum atomic E-state index is -4.28. The van der Waals surface area contributed by atoms with Crippen LogP contribution < -0.4 is 14.4 Å². The highest BCUT2D eigenvalue weighted by Gasteiger charge is 2.39. The van der Waals surface area contributed by atoms with Gasteiger partial charge in [-0.05, 0) is 80.8 Å². The fourth-order valence-electron chi connectivity index (χ4n) is 4.89. The number of rotatable bonds is 7. The van der Waals surface area contributed by atoms with Crippen molar-refractivity contribution in [2.24, 2.45) is 5.92 Å². The number of amides is 1. The summed E-state index contributed by atoms with van der Waals surface area (Å²) in [4.78, 5) is 23.8. The second-order valence-electron chi connectivity index (χ2n) is 10.0. The lowest BCUT2D eigenvalue weighted by Gasteiger charge is -2.33. The first kappa shape index (κ1) is 25.5. The molecule has 0 aliphatic carbocycles. The number of carbonyl (C=O) groups excluding carboxylic acids is 1. The van der Waals surface area contributed by atoms with Crippen molar-refractivity contribution in [3.05, 3.63) is 90.9 Å². The maximum absolute atomic E-state index is 13.2. The van der Waals surface area contributed by atoms with Gasteiger partial charge in [-0.2, -0.15) is 13.4 Å². The Balaban J connectivity index is 1.34. The van der Waals surface area contributed by atoms with Crippen molar-refractivity contribution in [3.8, 4) is 17.3 Å². The zero-order chi connectivity index (χ0) is 26.9. The smallest absolute Gasteiger partial charge is 0.281 e. The Kier molecular flexibility index (Phi) is 6.66. The SMILES string of the molecule is CC1CN(c2ncccc2C(=O)NS(=O)(=O)c2cccc(Oc3ccc(-n4cccc4)cc3)n2)C(C)(C)C1. The van der Waals surface area contributed by atoms with Crippen LogP contribution in [0.25, 0.3) is 5.69 Å². The van der Waals surface area contributed by atoms with Crippen molar-refractivity contribution in [1.82, 2.24) is 19.3 Å². The summed E-state index contributed by atoms with van der Waals surface area (Å²) in [6.07, 6.45) is 6.41. The molecule has 1 fully saturated rings. The van der Waals surface area contributed by atoms with Crippen molar-refractivity contribution >= 4 is 21.7 Å². The highest BCUT2D eigenvalue weighted by atomic mass is 32.2. The first-order valence-corrected chi connectivity index (χ1v) is 13.8. The number of nitrogens with zero attached hydrogens (tertiary/aromatic N) is 4. The number of aromatic nitrogens is 3. The molecule has 0 spiro atoms. The number of pyridine rings is 2. The van der Waals surface area contributed by atoms with E-state index in [1.807, 2.05) is 41.2 Å². The van der Waals surface area contributed by atoms with E-state index in [4.69, 9.17) is 4.74 Å². The molecule has 0 radical (unpaired) electrons. The number of sulfonamides is 1. The van der Waals surface area contributed by atoms with Gasteiger partial charge in [0.05, 0.1) is 5.56 Å². The molecular formula is C28H29N5O4S. The molecule has 1 amide bonds. The lowest BCUT2D eigenvalue weighted by Crippen LogP contribution is -2.41. The molecule has 1 unspecified atom stereocenters. The molecule has 1 saturated heterocycles. The summed E-state index contributed by atoms with van der Waals surface area (Å²) >= 11 is 0. The molecule has 1 atom stereocenters. The fourth-order valence-corrected chi connectivity index (χ4v) is 5.82. The summed E-state index contributed by atoms with van der Waals surface area (Å²) in [5.74, 6) is 0.696. The van der Waals surface area contributed by atoms with Gasteiger partial charge in [0, 0.05) is 42.4 Å². The van der Waals surface area contributed by atoms with E-state index in [9.17, 15) is 13.2 Å². The minimum Gasteiger partial charge on any atom is -0.439 e. The minimum absolute atomic E-state index is 0.0870. The maximum Gasteiger partial charge on any atom is 0.281 e. The van der Waals surface area contributed by atoms with Gasteiger partial charge in [0.2, 0.25) is 5.88 Å². The number of carbonyl (C=O) groups is 1. The van der Waals surface area contributed by atoms with Gasteiger partial charge in [0.1, 0.15) is 11.6 Å². The van der Waals surface area contributed by atoms with Crippen LogP contribution in [0.4, 0.5) is 5.82 Å². The predicted molar refractivity (Wildman–Crippen MR) is 144 cm³/mol. The molecule has 1 N–H and O–H groups in total. The Labute approximate surface area is 222 Å². The van der Waals surface area contributed by atoms with Gasteiger partial charge >= 0.3 is 0 Å². The second-order valence-corrected chi connectivity index (χ2v) is 11.7. The average molecular weight is 532 g/mol. The summed E-state index contributed by atoms with van der Waals surface area (Å²) in [6, 6.07) is 18.7. The van der Waals surface area contributed by atoms with E-state index in [1.165, 1.54) is 12.1 Å². The van der Waals surface area contributed by atoms with Crippen LogP contribution in [0.2, 0.25) is 0 Å². The van der Waals surface area contributed by atoms with E-state index in [0.29, 0.717) is 17.5 Å². The number of nitrogens with one attached hydrogen (secondary N) is 1. The highest BCUT2D eigenvalue weighted by molar-refractivity contribution is 7.90. The monoisotopic (exact) mass is 531 g/mol. The van der Waals surface area contributed by atoms with Gasteiger partial charge < -0.3 is 14.2 Å². The molecule has 5 rings (SSSR count). The number of anilines is 1. The van der Waals surface area contributed by atoms with Crippen molar-refractivity contribution < 1.29 is 17.9 Å². The summed E-state index contributed by atoms with van der Waals surface area (Å²) < 4.78 is 36.1. The molecule has 0 bridgehead atoms. The van der Waals surface area contributed by atoms with Gasteiger partial charge in [-0.1, -0.05) is 13.0 Å². The summed E-state index contributed by atoms with van der Waals surface area (Å²) in [7, 11) is -4.28. The third kappa shape index (κ3) is 5.26. The second kappa shape index (κ2) is 9.94. The topological polar surface area (TPSA) is 106 Å². The normalized spacial score (nSPS) is 16.8. The van der Waals surface area contributed by atoms with Gasteiger partial charge in [0.15, 0.2) is 5.03 Å². The standard InChI is InChI=1S/C28H29N5O4S/c1-20-18-28(2,3)33(19-20)26-23(8-7-15-29-26)27(34)31-38(35,36)25-10-6-9-24(30-25)37-22-13-11-21(12-14-22)32-16-4-5-17-32/h4-17,20H,18-19H2,1-3H3,(H,31,34). The maximum atomic E-state index is 13.2. The quantitative estimate of drug-likeness (QED) is 0.365. The number of ether oxygens (including phenoxy) is 1. The molecular weight excluding hydrogens is 502 g/mol. The van der Waals surface area contributed by atoms with E-state index in [1.54, 1.807) is 36.5 Å². The predicted octanol–water partition coefficient (Wildman–Crippen LogP) is 4.80. The van der Waals surface area contributed by atoms with Crippen LogP contribution in [-0.2, 0) is 10.0 Å². The Morgan fingerprint density at radius 1 is 1.03 bits per heavy atom. The van der Waals surface area contributed by atoms with Crippen LogP contribution in [0, 0.1) is 5.92 Å². The van der Waals surface area contributed by atoms with E-state index in [0.717, 1.165) is 18.7 Å². The molecule has 9 nitrogen and oxygen atoms in total. The summed E-state index contributed by atoms with van der Waals surface area (Å²) in [6.45, 7) is 7.05. The molecule has 0 saturated carbocycles. The molecule has 1 aliphatic heterocycles. The summed E-state index contributed by atoms with van der Waals surface area (Å²) in [5, 5.41) is -0.326. The van der Waals surface area contributed by atoms with E-state index in [-0.39, 0.29) is 22.0 Å². The van der Waals surface area contributed by atoms with Crippen LogP contribution >= 0.6 is 0 Å². The molecule has 38 heavy (non-hydrogen) atoms. The first-order valence-electron chi connectivity index (χ1n) is 12.3. The van der Waals surface area contributed by atoms with E-state index < -0.39 is 15.9 Å². The molecule has 4 aromatic rings. The zero-order valence-electron chi connectivity index (χ0n) is 21.4. The van der Waals surface area contributed by atoms with Crippen molar-refractivity contribution in [3.63, 3.8) is 0 Å². The molecule has 3 aromatic heterocycles. The largest absolute Gasteiger partial charge is 0.439 e. The third-order valence-electron chi connectivity index (χ3n) is 6.52. The number of hydrogen-bond donors (Lipinski definition) is 1. The van der Waals surface area contributed by atoms with Gasteiger partial charge in [-0.15, -0.1) is 0 Å². The Morgan fingerprint density at radius 3 is 2.45 bits per heavy atom. The first-order chi connectivity index (χ1) is 18.1. The molecule has 10 heteroatoms. The van der Waals surface area contributed by atoms with Crippen LogP contribution in [0.5, 0.6) is 11.6 Å². The van der Waals surface area contributed by atoms with Crippen molar-refractivity contribution in [2.75, 3.05) is 11.4 Å².